The number of rotatable bonds is 25. The van der Waals surface area contributed by atoms with Gasteiger partial charge in [-0.05, 0) is 151 Å². The molecule has 0 spiro atoms. The van der Waals surface area contributed by atoms with E-state index in [9.17, 15) is 90.5 Å². The number of carbonyl (C=O) groups is 1. The van der Waals surface area contributed by atoms with Crippen molar-refractivity contribution >= 4 is 78.7 Å². The average Bonchev–Trinajstić information content (AvgIpc) is 3.68. The van der Waals surface area contributed by atoms with Gasteiger partial charge in [-0.3, -0.25) is 23.0 Å². The van der Waals surface area contributed by atoms with Gasteiger partial charge in [0.1, 0.15) is 23.1 Å². The zero-order chi connectivity index (χ0) is 59.7. The predicted molar refractivity (Wildman–Crippen MR) is 286 cm³/mol. The molecule has 1 aliphatic carbocycles. The zero-order valence-corrected chi connectivity index (χ0v) is 48.9. The van der Waals surface area contributed by atoms with Crippen LogP contribution in [0.2, 0.25) is 0 Å². The van der Waals surface area contributed by atoms with Crippen LogP contribution in [0.5, 0.6) is 5.75 Å². The van der Waals surface area contributed by atoms with Crippen LogP contribution in [0.25, 0.3) is 0 Å². The Morgan fingerprint density at radius 2 is 1.32 bits per heavy atom. The molecule has 0 saturated heterocycles. The fourth-order valence-electron chi connectivity index (χ4n) is 9.91. The van der Waals surface area contributed by atoms with E-state index in [4.69, 9.17) is 4.74 Å². The molecule has 0 aromatic heterocycles. The Morgan fingerprint density at radius 1 is 0.750 bits per heavy atom. The van der Waals surface area contributed by atoms with Crippen LogP contribution in [0.1, 0.15) is 102 Å². The van der Waals surface area contributed by atoms with Gasteiger partial charge in [-0.1, -0.05) is 32.1 Å². The molecule has 1 amide bonds. The monoisotopic (exact) mass is 1230 g/mol. The third kappa shape index (κ3) is 15.5. The summed E-state index contributed by atoms with van der Waals surface area (Å²) in [6.45, 7) is 7.06. The number of anilines is 1. The summed E-state index contributed by atoms with van der Waals surface area (Å²) < 4.78 is 166. The van der Waals surface area contributed by atoms with E-state index in [0.29, 0.717) is 81.4 Å². The van der Waals surface area contributed by atoms with Crippen molar-refractivity contribution in [2.75, 3.05) is 36.0 Å². The average molecular weight is 1230 g/mol. The van der Waals surface area contributed by atoms with E-state index in [2.05, 4.69) is 5.32 Å². The van der Waals surface area contributed by atoms with E-state index in [1.807, 2.05) is 61.5 Å². The molecule has 0 saturated carbocycles. The number of carbonyl (C=O) groups excluding carboxylic acids is 1. The van der Waals surface area contributed by atoms with Gasteiger partial charge >= 0.3 is 0 Å². The molecule has 24 nitrogen and oxygen atoms in total. The number of unbranched alkanes of at least 4 members (excludes halogenated alkanes) is 2. The van der Waals surface area contributed by atoms with Crippen molar-refractivity contribution in [3.05, 3.63) is 124 Å². The van der Waals surface area contributed by atoms with Crippen LogP contribution < -0.4 is 34.5 Å². The standard InChI is InChI=1S/C50H65N3O21P2S4/c1-48(2)40-32-38(79(68,69)70)19-21-42(40)52(28-5-7-30-77(62,63)64)44(48)23-15-35-10-9-11-36(16-24-45-49(3,4)41-33-39(80(71,72)73)20-22-43(41)53(45)29-6-8-31-78(65,66)67)47(35)74-37-17-12-34(13-18-37)14-25-46(54)51-27-26-50(55,75(56,57)58)76(59,60)61/h12-13,15-24,32-33,55H,5-11,14,25-31H2,1-4H3,(H8-,51,54,56,57,58,59,60,61,62,63,64,65,66,67,68,69,70,71,72,73)/p-3. The Hall–Kier alpha value is -4.74. The van der Waals surface area contributed by atoms with Gasteiger partial charge in [0, 0.05) is 66.9 Å². The number of nitrogens with one attached hydrogen (secondary N) is 1. The summed E-state index contributed by atoms with van der Waals surface area (Å²) in [5.74, 6) is -0.991. The maximum absolute atomic E-state index is 12.6. The summed E-state index contributed by atoms with van der Waals surface area (Å²) >= 11 is 0. The van der Waals surface area contributed by atoms with Crippen LogP contribution in [0.3, 0.4) is 0 Å². The number of aryl methyl sites for hydroxylation is 1. The molecule has 440 valence electrons. The van der Waals surface area contributed by atoms with Gasteiger partial charge in [-0.25, -0.2) is 0 Å². The fraction of sp³-hybridized carbons (Fsp3) is 0.440. The van der Waals surface area contributed by atoms with Crippen LogP contribution in [-0.2, 0) is 71.6 Å². The molecule has 0 radical (unpaired) electrons. The highest BCUT2D eigenvalue weighted by Crippen LogP contribution is 2.60. The molecule has 6 N–H and O–H groups in total. The summed E-state index contributed by atoms with van der Waals surface area (Å²) in [5, 5.41) is 7.94. The maximum atomic E-state index is 12.6. The van der Waals surface area contributed by atoms with E-state index in [0.717, 1.165) is 0 Å². The summed E-state index contributed by atoms with van der Waals surface area (Å²) in [6.07, 6.45) is 8.10. The first-order chi connectivity index (χ1) is 36.7. The highest BCUT2D eigenvalue weighted by atomic mass is 32.2. The van der Waals surface area contributed by atoms with E-state index in [-0.39, 0.29) is 61.4 Å². The van der Waals surface area contributed by atoms with E-state index < -0.39 is 102 Å². The molecule has 0 unspecified atom stereocenters. The second kappa shape index (κ2) is 24.2. The number of hydrogen-bond acceptors (Lipinski definition) is 18. The molecule has 0 bridgehead atoms. The second-order valence-corrected chi connectivity index (χ2v) is 30.4. The van der Waals surface area contributed by atoms with Crippen molar-refractivity contribution in [3.63, 3.8) is 0 Å². The number of ether oxygens (including phenoxy) is 1. The molecule has 80 heavy (non-hydrogen) atoms. The first-order valence-electron chi connectivity index (χ1n) is 24.9. The second-order valence-electron chi connectivity index (χ2n) is 20.6. The molecule has 3 aromatic rings. The summed E-state index contributed by atoms with van der Waals surface area (Å²) in [7, 11) is -30.5. The normalized spacial score (nSPS) is 18.1. The molecular weight excluding hydrogens is 1170 g/mol. The van der Waals surface area contributed by atoms with E-state index >= 15 is 0 Å². The first-order valence-corrected chi connectivity index (χ1v) is 34.1. The lowest BCUT2D eigenvalue weighted by Gasteiger charge is -2.55. The highest BCUT2D eigenvalue weighted by Gasteiger charge is 2.45. The molecule has 2 heterocycles. The van der Waals surface area contributed by atoms with Crippen molar-refractivity contribution in [1.82, 2.24) is 5.32 Å². The van der Waals surface area contributed by atoms with E-state index in [1.54, 1.807) is 36.4 Å². The Morgan fingerprint density at radius 3 is 1.90 bits per heavy atom. The number of fused-ring (bicyclic) bond motifs is 2. The molecule has 3 aliphatic rings. The van der Waals surface area contributed by atoms with Crippen LogP contribution in [0.4, 0.5) is 11.4 Å². The number of nitrogens with zero attached hydrogens (tertiary/aromatic N) is 2. The SMILES string of the molecule is CC1(C)C(/C=C/C2=C(Oc3ccc(CCC(=O)NCCC(O)(P(=O)([O-])[O-])P(=O)([O-])[O-])cc3)C(=C\C=C3/N(CCCCS(=O)(=O)O)c4ccc(S(=O)(=O)O)cc4C3(C)C)/CCC2)=[N+](CCCCS(=O)(=O)O)c2ccc(S(=O)(=O)O)cc21. The predicted octanol–water partition coefficient (Wildman–Crippen LogP) is 3.49. The lowest BCUT2D eigenvalue weighted by atomic mass is 9.81. The van der Waals surface area contributed by atoms with Crippen molar-refractivity contribution in [1.29, 1.82) is 0 Å². The van der Waals surface area contributed by atoms with Crippen molar-refractivity contribution in [2.45, 2.75) is 118 Å². The van der Waals surface area contributed by atoms with Crippen LogP contribution in [0, 0.1) is 0 Å². The number of amides is 1. The molecule has 0 atom stereocenters. The summed E-state index contributed by atoms with van der Waals surface area (Å²) in [4.78, 5) is 59.6. The topological polar surface area (TPSA) is 409 Å². The number of allylic oxidation sites excluding steroid dienone is 7. The zero-order valence-electron chi connectivity index (χ0n) is 43.9. The van der Waals surface area contributed by atoms with Crippen molar-refractivity contribution in [2.24, 2.45) is 0 Å². The van der Waals surface area contributed by atoms with Gasteiger partial charge < -0.3 is 48.8 Å². The van der Waals surface area contributed by atoms with Gasteiger partial charge in [0.25, 0.3) is 40.5 Å². The van der Waals surface area contributed by atoms with Gasteiger partial charge in [0.05, 0.1) is 26.7 Å². The number of hydrogen-bond donors (Lipinski definition) is 6. The van der Waals surface area contributed by atoms with Gasteiger partial charge in [-0.15, -0.1) is 0 Å². The molecule has 30 heteroatoms. The largest absolute Gasteiger partial charge is 0.808 e. The van der Waals surface area contributed by atoms with Crippen LogP contribution in [-0.4, -0.2) is 109 Å². The minimum Gasteiger partial charge on any atom is -0.808 e. The Bertz CT molecular complexity index is 3610. The lowest BCUT2D eigenvalue weighted by molar-refractivity contribution is -0.438. The van der Waals surface area contributed by atoms with Crippen molar-refractivity contribution < 1.29 is 99.8 Å². The molecule has 6 rings (SSSR count). The Labute approximate surface area is 465 Å². The summed E-state index contributed by atoms with van der Waals surface area (Å²) in [5.41, 5.74) is 3.73. The summed E-state index contributed by atoms with van der Waals surface area (Å²) in [6, 6.07) is 14.9. The fourth-order valence-corrected chi connectivity index (χ4v) is 14.0. The van der Waals surface area contributed by atoms with Crippen LogP contribution in [0.15, 0.2) is 117 Å². The molecular formula is C50H62N3O21P2S4-3. The quantitative estimate of drug-likeness (QED) is 0.0306. The van der Waals surface area contributed by atoms with Gasteiger partial charge in [0.2, 0.25) is 11.6 Å². The highest BCUT2D eigenvalue weighted by molar-refractivity contribution is 7.86. The molecule has 0 fully saturated rings. The third-order valence-electron chi connectivity index (χ3n) is 14.2. The van der Waals surface area contributed by atoms with Crippen molar-refractivity contribution in [3.8, 4) is 5.75 Å². The molecule has 2 aliphatic heterocycles. The lowest BCUT2D eigenvalue weighted by Crippen LogP contribution is -2.47. The van der Waals surface area contributed by atoms with Gasteiger partial charge in [-0.2, -0.15) is 38.2 Å². The smallest absolute Gasteiger partial charge is 0.294 e. The Balaban J connectivity index is 1.40. The number of aliphatic hydroxyl groups is 1. The van der Waals surface area contributed by atoms with E-state index in [1.165, 1.54) is 24.3 Å². The minimum absolute atomic E-state index is 0.0834. The minimum atomic E-state index is -6.35. The Kier molecular flexibility index (Phi) is 19.5. The van der Waals surface area contributed by atoms with Crippen LogP contribution >= 0.6 is 15.2 Å². The maximum Gasteiger partial charge on any atom is 0.294 e. The third-order valence-corrected chi connectivity index (χ3v) is 21.2. The first kappa shape index (κ1) is 64.4. The number of benzene rings is 3. The van der Waals surface area contributed by atoms with Gasteiger partial charge in [0.15, 0.2) is 5.71 Å². The molecule has 3 aromatic carbocycles.